The fourth-order valence-corrected chi connectivity index (χ4v) is 1.89. The highest BCUT2D eigenvalue weighted by Crippen LogP contribution is 2.35. The maximum absolute atomic E-state index is 11.7. The first-order valence-corrected chi connectivity index (χ1v) is 5.34. The molecule has 0 aliphatic carbocycles. The highest BCUT2D eigenvalue weighted by atomic mass is 16.5. The number of amides is 1. The first kappa shape index (κ1) is 11.0. The van der Waals surface area contributed by atoms with Crippen molar-refractivity contribution in [1.82, 2.24) is 0 Å². The summed E-state index contributed by atoms with van der Waals surface area (Å²) in [6, 6.07) is 5.02. The van der Waals surface area contributed by atoms with E-state index < -0.39 is 6.04 Å². The first-order chi connectivity index (χ1) is 7.50. The minimum Gasteiger partial charge on any atom is -0.491 e. The van der Waals surface area contributed by atoms with E-state index in [1.165, 1.54) is 0 Å². The zero-order valence-electron chi connectivity index (χ0n) is 9.73. The topological polar surface area (TPSA) is 55.6 Å². The Morgan fingerprint density at radius 1 is 1.44 bits per heavy atom. The third kappa shape index (κ3) is 1.65. The lowest BCUT2D eigenvalue weighted by Gasteiger charge is -2.12. The lowest BCUT2D eigenvalue weighted by molar-refractivity contribution is -0.118. The molecule has 0 aromatic heterocycles. The predicted octanol–water partition coefficient (Wildman–Crippen LogP) is 1.45. The summed E-state index contributed by atoms with van der Waals surface area (Å²) >= 11 is 0. The van der Waals surface area contributed by atoms with E-state index in [2.05, 4.69) is 0 Å². The molecular weight excluding hydrogens is 204 g/mol. The number of hydrogen-bond acceptors (Lipinski definition) is 3. The summed E-state index contributed by atoms with van der Waals surface area (Å²) < 4.78 is 5.57. The minimum absolute atomic E-state index is 0.0725. The average Bonchev–Trinajstić information content (AvgIpc) is 2.43. The van der Waals surface area contributed by atoms with Gasteiger partial charge in [-0.25, -0.2) is 0 Å². The summed E-state index contributed by atoms with van der Waals surface area (Å²) in [5.41, 5.74) is 7.54. The molecule has 1 aliphatic rings. The zero-order chi connectivity index (χ0) is 11.9. The van der Waals surface area contributed by atoms with Gasteiger partial charge >= 0.3 is 0 Å². The van der Waals surface area contributed by atoms with E-state index in [1.807, 2.05) is 32.0 Å². The summed E-state index contributed by atoms with van der Waals surface area (Å²) in [7, 11) is 1.73. The molecule has 1 amide bonds. The van der Waals surface area contributed by atoms with Crippen LogP contribution in [0.1, 0.15) is 25.5 Å². The third-order valence-corrected chi connectivity index (χ3v) is 2.66. The molecule has 1 atom stereocenters. The summed E-state index contributed by atoms with van der Waals surface area (Å²) in [6.07, 6.45) is 0.115. The van der Waals surface area contributed by atoms with Crippen molar-refractivity contribution in [3.8, 4) is 5.75 Å². The summed E-state index contributed by atoms with van der Waals surface area (Å²) in [5.74, 6) is 0.684. The normalized spacial score (nSPS) is 19.2. The first-order valence-electron chi connectivity index (χ1n) is 5.34. The second-order valence-electron chi connectivity index (χ2n) is 4.26. The van der Waals surface area contributed by atoms with E-state index >= 15 is 0 Å². The van der Waals surface area contributed by atoms with Crippen LogP contribution in [0, 0.1) is 0 Å². The van der Waals surface area contributed by atoms with Gasteiger partial charge in [0.1, 0.15) is 11.8 Å². The van der Waals surface area contributed by atoms with Crippen LogP contribution in [-0.2, 0) is 4.79 Å². The van der Waals surface area contributed by atoms with Gasteiger partial charge in [-0.05, 0) is 32.0 Å². The lowest BCUT2D eigenvalue weighted by atomic mass is 10.1. The SMILES string of the molecule is CC(C)Oc1ccc2c(c1)C(N)C(=O)N2C. The summed E-state index contributed by atoms with van der Waals surface area (Å²) in [4.78, 5) is 13.2. The number of fused-ring (bicyclic) bond motifs is 1. The Kier molecular flexibility index (Phi) is 2.59. The van der Waals surface area contributed by atoms with Gasteiger partial charge in [-0.1, -0.05) is 0 Å². The second kappa shape index (κ2) is 3.79. The molecule has 1 heterocycles. The van der Waals surface area contributed by atoms with Crippen LogP contribution in [0.4, 0.5) is 5.69 Å². The Balaban J connectivity index is 2.37. The number of nitrogens with zero attached hydrogens (tertiary/aromatic N) is 1. The minimum atomic E-state index is -0.560. The van der Waals surface area contributed by atoms with E-state index in [9.17, 15) is 4.79 Å². The number of carbonyl (C=O) groups excluding carboxylic acids is 1. The maximum atomic E-state index is 11.7. The molecule has 4 heteroatoms. The van der Waals surface area contributed by atoms with Crippen LogP contribution in [0.3, 0.4) is 0 Å². The Morgan fingerprint density at radius 3 is 2.75 bits per heavy atom. The van der Waals surface area contributed by atoms with Crippen molar-refractivity contribution >= 4 is 11.6 Å². The van der Waals surface area contributed by atoms with Crippen LogP contribution in [-0.4, -0.2) is 19.1 Å². The lowest BCUT2D eigenvalue weighted by Crippen LogP contribution is -2.27. The smallest absolute Gasteiger partial charge is 0.248 e. The van der Waals surface area contributed by atoms with E-state index in [0.29, 0.717) is 0 Å². The third-order valence-electron chi connectivity index (χ3n) is 2.66. The van der Waals surface area contributed by atoms with Crippen molar-refractivity contribution in [3.05, 3.63) is 23.8 Å². The van der Waals surface area contributed by atoms with Crippen LogP contribution in [0.15, 0.2) is 18.2 Å². The number of nitrogens with two attached hydrogens (primary N) is 1. The van der Waals surface area contributed by atoms with Crippen molar-refractivity contribution in [2.75, 3.05) is 11.9 Å². The fraction of sp³-hybridized carbons (Fsp3) is 0.417. The Bertz CT molecular complexity index is 429. The molecular formula is C12H16N2O2. The van der Waals surface area contributed by atoms with Gasteiger partial charge in [-0.2, -0.15) is 0 Å². The molecule has 16 heavy (non-hydrogen) atoms. The van der Waals surface area contributed by atoms with Crippen LogP contribution in [0.2, 0.25) is 0 Å². The molecule has 1 aromatic rings. The number of hydrogen-bond donors (Lipinski definition) is 1. The van der Waals surface area contributed by atoms with Gasteiger partial charge in [0.25, 0.3) is 0 Å². The average molecular weight is 220 g/mol. The largest absolute Gasteiger partial charge is 0.491 e. The molecule has 4 nitrogen and oxygen atoms in total. The number of rotatable bonds is 2. The number of carbonyl (C=O) groups is 1. The Hall–Kier alpha value is -1.55. The maximum Gasteiger partial charge on any atom is 0.248 e. The summed E-state index contributed by atoms with van der Waals surface area (Å²) in [5, 5.41) is 0. The van der Waals surface area contributed by atoms with Crippen LogP contribution in [0.25, 0.3) is 0 Å². The summed E-state index contributed by atoms with van der Waals surface area (Å²) in [6.45, 7) is 3.93. The van der Waals surface area contributed by atoms with Crippen LogP contribution < -0.4 is 15.4 Å². The van der Waals surface area contributed by atoms with Crippen molar-refractivity contribution in [1.29, 1.82) is 0 Å². The van der Waals surface area contributed by atoms with E-state index in [-0.39, 0.29) is 12.0 Å². The highest BCUT2D eigenvalue weighted by Gasteiger charge is 2.32. The standard InChI is InChI=1S/C12H16N2O2/c1-7(2)16-8-4-5-10-9(6-8)11(13)12(15)14(10)3/h4-7,11H,13H2,1-3H3. The molecule has 2 N–H and O–H groups in total. The molecule has 1 aliphatic heterocycles. The number of ether oxygens (including phenoxy) is 1. The molecule has 0 spiro atoms. The number of benzene rings is 1. The van der Waals surface area contributed by atoms with Gasteiger partial charge < -0.3 is 15.4 Å². The molecule has 1 unspecified atom stereocenters. The molecule has 86 valence electrons. The molecule has 0 bridgehead atoms. The quantitative estimate of drug-likeness (QED) is 0.820. The second-order valence-corrected chi connectivity index (χ2v) is 4.26. The molecule has 0 saturated carbocycles. The molecule has 2 rings (SSSR count). The van der Waals surface area contributed by atoms with Crippen molar-refractivity contribution in [3.63, 3.8) is 0 Å². The van der Waals surface area contributed by atoms with E-state index in [0.717, 1.165) is 17.0 Å². The number of likely N-dealkylation sites (N-methyl/N-ethyl adjacent to an activating group) is 1. The Morgan fingerprint density at radius 2 is 2.12 bits per heavy atom. The molecule has 0 radical (unpaired) electrons. The van der Waals surface area contributed by atoms with Gasteiger partial charge in [-0.3, -0.25) is 4.79 Å². The number of anilines is 1. The fourth-order valence-electron chi connectivity index (χ4n) is 1.89. The van der Waals surface area contributed by atoms with E-state index in [4.69, 9.17) is 10.5 Å². The van der Waals surface area contributed by atoms with Crippen molar-refractivity contribution in [2.45, 2.75) is 26.0 Å². The zero-order valence-corrected chi connectivity index (χ0v) is 9.73. The Labute approximate surface area is 95.0 Å². The monoisotopic (exact) mass is 220 g/mol. The van der Waals surface area contributed by atoms with Crippen LogP contribution >= 0.6 is 0 Å². The van der Waals surface area contributed by atoms with Gasteiger partial charge in [0.15, 0.2) is 0 Å². The van der Waals surface area contributed by atoms with Gasteiger partial charge in [0.05, 0.1) is 6.10 Å². The van der Waals surface area contributed by atoms with Crippen molar-refractivity contribution in [2.24, 2.45) is 5.73 Å². The molecule has 1 aromatic carbocycles. The van der Waals surface area contributed by atoms with Crippen molar-refractivity contribution < 1.29 is 9.53 Å². The van der Waals surface area contributed by atoms with Crippen LogP contribution in [0.5, 0.6) is 5.75 Å². The highest BCUT2D eigenvalue weighted by molar-refractivity contribution is 6.04. The molecule has 0 saturated heterocycles. The predicted molar refractivity (Wildman–Crippen MR) is 62.5 cm³/mol. The molecule has 0 fully saturated rings. The van der Waals surface area contributed by atoms with Gasteiger partial charge in [0.2, 0.25) is 5.91 Å². The van der Waals surface area contributed by atoms with E-state index in [1.54, 1.807) is 11.9 Å². The van der Waals surface area contributed by atoms with Gasteiger partial charge in [0, 0.05) is 18.3 Å². The van der Waals surface area contributed by atoms with Gasteiger partial charge in [-0.15, -0.1) is 0 Å².